The molecule has 0 aliphatic rings. The second kappa shape index (κ2) is 9.36. The Morgan fingerprint density at radius 1 is 1.07 bits per heavy atom. The molecular formula is C22H22N4O3. The van der Waals surface area contributed by atoms with Crippen molar-refractivity contribution in [1.82, 2.24) is 9.97 Å². The van der Waals surface area contributed by atoms with Gasteiger partial charge < -0.3 is 20.1 Å². The van der Waals surface area contributed by atoms with Gasteiger partial charge in [-0.3, -0.25) is 4.79 Å². The van der Waals surface area contributed by atoms with Gasteiger partial charge in [-0.25, -0.2) is 9.97 Å². The molecule has 0 aliphatic heterocycles. The Morgan fingerprint density at radius 2 is 1.86 bits per heavy atom. The standard InChI is InChI=1S/C22H22N4O3/c1-4-12-23-20-14-18(24-21(26-20)15-8-6-5-7-9-15)22(27)25-17-11-10-16(28-2)13-19(17)29-3/h4-11,13-14H,1,12H2,2-3H3,(H,25,27)(H,23,24,26). The molecule has 7 heteroatoms. The molecule has 0 radical (unpaired) electrons. The van der Waals surface area contributed by atoms with Crippen LogP contribution in [0.3, 0.4) is 0 Å². The fourth-order valence-electron chi connectivity index (χ4n) is 2.64. The van der Waals surface area contributed by atoms with Gasteiger partial charge >= 0.3 is 0 Å². The summed E-state index contributed by atoms with van der Waals surface area (Å²) in [4.78, 5) is 21.8. The van der Waals surface area contributed by atoms with E-state index in [0.29, 0.717) is 35.4 Å². The summed E-state index contributed by atoms with van der Waals surface area (Å²) in [5, 5.41) is 5.94. The van der Waals surface area contributed by atoms with Gasteiger partial charge in [0.1, 0.15) is 23.0 Å². The molecular weight excluding hydrogens is 368 g/mol. The smallest absolute Gasteiger partial charge is 0.274 e. The van der Waals surface area contributed by atoms with Crippen LogP contribution in [0.25, 0.3) is 11.4 Å². The number of rotatable bonds is 8. The third-order valence-corrected chi connectivity index (χ3v) is 4.08. The van der Waals surface area contributed by atoms with E-state index in [0.717, 1.165) is 5.56 Å². The Hall–Kier alpha value is -3.87. The summed E-state index contributed by atoms with van der Waals surface area (Å²) in [5.41, 5.74) is 1.55. The zero-order valence-electron chi connectivity index (χ0n) is 16.3. The maximum absolute atomic E-state index is 12.9. The largest absolute Gasteiger partial charge is 0.497 e. The van der Waals surface area contributed by atoms with E-state index in [1.165, 1.54) is 7.11 Å². The van der Waals surface area contributed by atoms with Crippen molar-refractivity contribution in [2.24, 2.45) is 0 Å². The number of ether oxygens (including phenoxy) is 2. The van der Waals surface area contributed by atoms with Crippen LogP contribution >= 0.6 is 0 Å². The summed E-state index contributed by atoms with van der Waals surface area (Å²) < 4.78 is 10.5. The molecule has 2 N–H and O–H groups in total. The Kier molecular flexibility index (Phi) is 6.42. The fourth-order valence-corrected chi connectivity index (χ4v) is 2.64. The van der Waals surface area contributed by atoms with E-state index in [9.17, 15) is 4.79 Å². The predicted octanol–water partition coefficient (Wildman–Crippen LogP) is 4.01. The van der Waals surface area contributed by atoms with Crippen molar-refractivity contribution < 1.29 is 14.3 Å². The average molecular weight is 390 g/mol. The monoisotopic (exact) mass is 390 g/mol. The molecule has 1 amide bonds. The first-order valence-corrected chi connectivity index (χ1v) is 8.97. The summed E-state index contributed by atoms with van der Waals surface area (Å²) in [6, 6.07) is 16.2. The molecule has 0 atom stereocenters. The van der Waals surface area contributed by atoms with Crippen LogP contribution in [0.2, 0.25) is 0 Å². The van der Waals surface area contributed by atoms with Gasteiger partial charge in [-0.05, 0) is 12.1 Å². The van der Waals surface area contributed by atoms with Crippen LogP contribution in [-0.4, -0.2) is 36.6 Å². The van der Waals surface area contributed by atoms with E-state index in [1.54, 1.807) is 37.5 Å². The minimum Gasteiger partial charge on any atom is -0.497 e. The summed E-state index contributed by atoms with van der Waals surface area (Å²) in [6.07, 6.45) is 1.71. The third-order valence-electron chi connectivity index (χ3n) is 4.08. The van der Waals surface area contributed by atoms with E-state index < -0.39 is 0 Å². The minimum atomic E-state index is -0.380. The van der Waals surface area contributed by atoms with Crippen molar-refractivity contribution in [3.05, 3.63) is 72.9 Å². The predicted molar refractivity (Wildman–Crippen MR) is 114 cm³/mol. The SMILES string of the molecule is C=CCNc1cc(C(=O)Nc2ccc(OC)cc2OC)nc(-c2ccccc2)n1. The van der Waals surface area contributed by atoms with Crippen molar-refractivity contribution in [1.29, 1.82) is 0 Å². The second-order valence-electron chi connectivity index (χ2n) is 6.02. The van der Waals surface area contributed by atoms with Crippen LogP contribution in [0.5, 0.6) is 11.5 Å². The van der Waals surface area contributed by atoms with Gasteiger partial charge in [-0.1, -0.05) is 36.4 Å². The van der Waals surface area contributed by atoms with Gasteiger partial charge in [-0.15, -0.1) is 6.58 Å². The number of nitrogens with one attached hydrogen (secondary N) is 2. The van der Waals surface area contributed by atoms with Crippen molar-refractivity contribution >= 4 is 17.4 Å². The van der Waals surface area contributed by atoms with Crippen molar-refractivity contribution in [3.63, 3.8) is 0 Å². The van der Waals surface area contributed by atoms with Crippen LogP contribution in [0.1, 0.15) is 10.5 Å². The first-order chi connectivity index (χ1) is 14.1. The number of aromatic nitrogens is 2. The van der Waals surface area contributed by atoms with Crippen molar-refractivity contribution in [3.8, 4) is 22.9 Å². The Bertz CT molecular complexity index is 1010. The van der Waals surface area contributed by atoms with Gasteiger partial charge in [0, 0.05) is 24.2 Å². The van der Waals surface area contributed by atoms with E-state index in [2.05, 4.69) is 27.2 Å². The lowest BCUT2D eigenvalue weighted by Crippen LogP contribution is -2.16. The highest BCUT2D eigenvalue weighted by Crippen LogP contribution is 2.29. The van der Waals surface area contributed by atoms with Crippen LogP contribution in [0.4, 0.5) is 11.5 Å². The number of amides is 1. The quantitative estimate of drug-likeness (QED) is 0.565. The van der Waals surface area contributed by atoms with Crippen molar-refractivity contribution in [2.45, 2.75) is 0 Å². The van der Waals surface area contributed by atoms with Crippen LogP contribution in [0, 0.1) is 0 Å². The summed E-state index contributed by atoms with van der Waals surface area (Å²) in [6.45, 7) is 4.21. The zero-order valence-corrected chi connectivity index (χ0v) is 16.3. The van der Waals surface area contributed by atoms with Crippen LogP contribution in [0.15, 0.2) is 67.3 Å². The third kappa shape index (κ3) is 4.90. The van der Waals surface area contributed by atoms with Gasteiger partial charge in [0.05, 0.1) is 19.9 Å². The summed E-state index contributed by atoms with van der Waals surface area (Å²) >= 11 is 0. The van der Waals surface area contributed by atoms with Gasteiger partial charge in [0.2, 0.25) is 0 Å². The number of carbonyl (C=O) groups is 1. The molecule has 2 aromatic carbocycles. The van der Waals surface area contributed by atoms with Crippen LogP contribution in [-0.2, 0) is 0 Å². The number of nitrogens with zero attached hydrogens (tertiary/aromatic N) is 2. The average Bonchev–Trinajstić information content (AvgIpc) is 2.78. The highest BCUT2D eigenvalue weighted by molar-refractivity contribution is 6.04. The molecule has 0 saturated heterocycles. The number of hydrogen-bond donors (Lipinski definition) is 2. The first kappa shape index (κ1) is 19.9. The lowest BCUT2D eigenvalue weighted by Gasteiger charge is -2.13. The molecule has 0 bridgehead atoms. The van der Waals surface area contributed by atoms with E-state index in [4.69, 9.17) is 9.47 Å². The molecule has 1 heterocycles. The Balaban J connectivity index is 1.94. The number of carbonyl (C=O) groups excluding carboxylic acids is 1. The van der Waals surface area contributed by atoms with E-state index in [1.807, 2.05) is 30.3 Å². The fraction of sp³-hybridized carbons (Fsp3) is 0.136. The number of hydrogen-bond acceptors (Lipinski definition) is 6. The number of benzene rings is 2. The molecule has 7 nitrogen and oxygen atoms in total. The molecule has 0 spiro atoms. The van der Waals surface area contributed by atoms with Gasteiger partial charge in [0.15, 0.2) is 5.82 Å². The molecule has 0 aliphatic carbocycles. The highest BCUT2D eigenvalue weighted by Gasteiger charge is 2.15. The normalized spacial score (nSPS) is 10.1. The molecule has 3 aromatic rings. The molecule has 29 heavy (non-hydrogen) atoms. The van der Waals surface area contributed by atoms with E-state index in [-0.39, 0.29) is 11.6 Å². The summed E-state index contributed by atoms with van der Waals surface area (Å²) in [5.74, 6) is 1.72. The molecule has 1 aromatic heterocycles. The van der Waals surface area contributed by atoms with Crippen molar-refractivity contribution in [2.75, 3.05) is 31.4 Å². The zero-order chi connectivity index (χ0) is 20.6. The van der Waals surface area contributed by atoms with Gasteiger partial charge in [-0.2, -0.15) is 0 Å². The Labute approximate surface area is 169 Å². The maximum atomic E-state index is 12.9. The maximum Gasteiger partial charge on any atom is 0.274 e. The lowest BCUT2D eigenvalue weighted by atomic mass is 10.2. The molecule has 3 rings (SSSR count). The molecule has 148 valence electrons. The minimum absolute atomic E-state index is 0.225. The summed E-state index contributed by atoms with van der Waals surface area (Å²) in [7, 11) is 3.09. The second-order valence-corrected chi connectivity index (χ2v) is 6.02. The number of anilines is 2. The molecule has 0 unspecified atom stereocenters. The lowest BCUT2D eigenvalue weighted by molar-refractivity contribution is 0.102. The highest BCUT2D eigenvalue weighted by atomic mass is 16.5. The number of methoxy groups -OCH3 is 2. The van der Waals surface area contributed by atoms with Crippen LogP contribution < -0.4 is 20.1 Å². The Morgan fingerprint density at radius 3 is 2.55 bits per heavy atom. The molecule has 0 fully saturated rings. The molecule has 0 saturated carbocycles. The van der Waals surface area contributed by atoms with Gasteiger partial charge in [0.25, 0.3) is 5.91 Å². The topological polar surface area (TPSA) is 85.4 Å². The van der Waals surface area contributed by atoms with E-state index >= 15 is 0 Å². The first-order valence-electron chi connectivity index (χ1n) is 8.97.